The summed E-state index contributed by atoms with van der Waals surface area (Å²) in [4.78, 5) is 85.9. The van der Waals surface area contributed by atoms with Gasteiger partial charge in [-0.15, -0.1) is 0 Å². The zero-order chi connectivity index (χ0) is 35.1. The number of carbonyl (C=O) groups is 6. The van der Waals surface area contributed by atoms with Crippen LogP contribution in [0.15, 0.2) is 24.3 Å². The smallest absolute Gasteiger partial charge is 0.409 e. The van der Waals surface area contributed by atoms with Gasteiger partial charge in [0.05, 0.1) is 12.1 Å². The molecule has 0 unspecified atom stereocenters. The van der Waals surface area contributed by atoms with E-state index in [-0.39, 0.29) is 81.5 Å². The highest BCUT2D eigenvalue weighted by atomic mass is 16.6. The maximum Gasteiger partial charge on any atom is 0.409 e. The number of rotatable bonds is 13. The van der Waals surface area contributed by atoms with Gasteiger partial charge in [0.25, 0.3) is 11.8 Å². The molecule has 0 bridgehead atoms. The van der Waals surface area contributed by atoms with Crippen molar-refractivity contribution in [2.24, 2.45) is 0 Å². The Morgan fingerprint density at radius 1 is 0.980 bits per heavy atom. The minimum atomic E-state index is -1.17. The van der Waals surface area contributed by atoms with Crippen LogP contribution >= 0.6 is 0 Å². The van der Waals surface area contributed by atoms with Crippen molar-refractivity contribution in [3.63, 3.8) is 0 Å². The number of aryl methyl sites for hydroxylation is 1. The molecule has 3 N–H and O–H groups in total. The lowest BCUT2D eigenvalue weighted by atomic mass is 10.1. The van der Waals surface area contributed by atoms with Crippen molar-refractivity contribution in [1.29, 1.82) is 0 Å². The number of carbonyl (C=O) groups excluding carboxylic acids is 5. The number of benzene rings is 1. The molecule has 1 aromatic carbocycles. The van der Waals surface area contributed by atoms with Gasteiger partial charge in [0.2, 0.25) is 11.8 Å². The van der Waals surface area contributed by atoms with Crippen LogP contribution in [0.2, 0.25) is 0 Å². The Labute approximate surface area is 284 Å². The van der Waals surface area contributed by atoms with Crippen molar-refractivity contribution < 1.29 is 43.3 Å². The van der Waals surface area contributed by atoms with Gasteiger partial charge in [-0.05, 0) is 63.1 Å². The summed E-state index contributed by atoms with van der Waals surface area (Å²) < 4.78 is 11.1. The van der Waals surface area contributed by atoms with E-state index in [1.807, 2.05) is 19.1 Å². The zero-order valence-electron chi connectivity index (χ0n) is 27.9. The van der Waals surface area contributed by atoms with E-state index in [4.69, 9.17) is 9.47 Å². The number of hydrogen-bond donors (Lipinski definition) is 3. The quantitative estimate of drug-likeness (QED) is 0.281. The van der Waals surface area contributed by atoms with Gasteiger partial charge < -0.3 is 39.9 Å². The number of likely N-dealkylation sites (tertiary alicyclic amines) is 1. The van der Waals surface area contributed by atoms with Gasteiger partial charge >= 0.3 is 12.1 Å². The highest BCUT2D eigenvalue weighted by Gasteiger charge is 2.37. The Balaban J connectivity index is 1.32. The van der Waals surface area contributed by atoms with Crippen LogP contribution in [0.5, 0.6) is 5.75 Å². The van der Waals surface area contributed by atoms with Gasteiger partial charge in [-0.3, -0.25) is 24.0 Å². The number of amides is 5. The number of hydrogen-bond acceptors (Lipinski definition) is 9. The zero-order valence-corrected chi connectivity index (χ0v) is 27.9. The number of nitrogens with zero attached hydrogens (tertiary/aromatic N) is 4. The van der Waals surface area contributed by atoms with Crippen LogP contribution in [0.25, 0.3) is 10.9 Å². The maximum absolute atomic E-state index is 13.7. The molecule has 15 heteroatoms. The fraction of sp³-hybridized carbons (Fsp3) is 0.559. The SMILES string of the molecule is CCOC(=O)N1CCN(C(=O)[C@H](CCC(=O)O)NC(=O)c2cc(OCC(=O)N3CCC[C@H]3C(=O)NC3CC3)c3ccc(CC)cc3n2)CC1. The van der Waals surface area contributed by atoms with Gasteiger partial charge in [-0.2, -0.15) is 0 Å². The average molecular weight is 681 g/mol. The third kappa shape index (κ3) is 8.95. The van der Waals surface area contributed by atoms with Crippen molar-refractivity contribution in [2.45, 2.75) is 76.9 Å². The maximum atomic E-state index is 13.7. The highest BCUT2D eigenvalue weighted by Crippen LogP contribution is 2.28. The summed E-state index contributed by atoms with van der Waals surface area (Å²) in [5.74, 6) is -2.59. The second kappa shape index (κ2) is 16.0. The topological polar surface area (TPSA) is 188 Å². The molecule has 2 aromatic rings. The molecule has 2 atom stereocenters. The number of carboxylic acid groups (broad SMARTS) is 1. The predicted molar refractivity (Wildman–Crippen MR) is 176 cm³/mol. The van der Waals surface area contributed by atoms with Crippen LogP contribution in [-0.2, 0) is 30.3 Å². The molecule has 1 saturated carbocycles. The number of pyridine rings is 1. The molecule has 3 aliphatic rings. The van der Waals surface area contributed by atoms with Crippen LogP contribution in [0.3, 0.4) is 0 Å². The average Bonchev–Trinajstić information content (AvgIpc) is 3.78. The molecule has 49 heavy (non-hydrogen) atoms. The van der Waals surface area contributed by atoms with Crippen molar-refractivity contribution in [3.05, 3.63) is 35.5 Å². The largest absolute Gasteiger partial charge is 0.483 e. The first-order valence-electron chi connectivity index (χ1n) is 17.0. The third-order valence-corrected chi connectivity index (χ3v) is 9.00. The van der Waals surface area contributed by atoms with Crippen LogP contribution in [-0.4, -0.2) is 125 Å². The molecule has 5 rings (SSSR count). The van der Waals surface area contributed by atoms with Gasteiger partial charge in [-0.1, -0.05) is 13.0 Å². The lowest BCUT2D eigenvalue weighted by molar-refractivity contribution is -0.140. The summed E-state index contributed by atoms with van der Waals surface area (Å²) in [5.41, 5.74) is 1.32. The molecule has 5 amide bonds. The van der Waals surface area contributed by atoms with Crippen LogP contribution < -0.4 is 15.4 Å². The van der Waals surface area contributed by atoms with E-state index < -0.39 is 36.0 Å². The van der Waals surface area contributed by atoms with Crippen LogP contribution in [0.1, 0.15) is 68.4 Å². The molecule has 2 aliphatic heterocycles. The Hall–Kier alpha value is -4.95. The minimum Gasteiger partial charge on any atom is -0.483 e. The number of ether oxygens (including phenoxy) is 2. The second-order valence-electron chi connectivity index (χ2n) is 12.5. The summed E-state index contributed by atoms with van der Waals surface area (Å²) in [7, 11) is 0. The Morgan fingerprint density at radius 3 is 2.39 bits per heavy atom. The van der Waals surface area contributed by atoms with E-state index in [2.05, 4.69) is 15.6 Å². The molecule has 264 valence electrons. The van der Waals surface area contributed by atoms with Gasteiger partial charge in [-0.25, -0.2) is 9.78 Å². The first-order valence-corrected chi connectivity index (χ1v) is 17.0. The lowest BCUT2D eigenvalue weighted by Crippen LogP contribution is -2.56. The molecule has 15 nitrogen and oxygen atoms in total. The molecular weight excluding hydrogens is 636 g/mol. The normalized spacial score (nSPS) is 18.2. The highest BCUT2D eigenvalue weighted by molar-refractivity contribution is 5.99. The van der Waals surface area contributed by atoms with Crippen molar-refractivity contribution >= 4 is 46.6 Å². The van der Waals surface area contributed by atoms with E-state index >= 15 is 0 Å². The first-order chi connectivity index (χ1) is 23.6. The summed E-state index contributed by atoms with van der Waals surface area (Å²) in [6.45, 7) is 4.85. The van der Waals surface area contributed by atoms with Gasteiger partial charge in [0, 0.05) is 56.6 Å². The van der Waals surface area contributed by atoms with Crippen LogP contribution in [0, 0.1) is 0 Å². The number of fused-ring (bicyclic) bond motifs is 1. The molecule has 3 heterocycles. The molecule has 2 saturated heterocycles. The van der Waals surface area contributed by atoms with Crippen molar-refractivity contribution in [1.82, 2.24) is 30.3 Å². The Morgan fingerprint density at radius 2 is 1.71 bits per heavy atom. The van der Waals surface area contributed by atoms with Crippen molar-refractivity contribution in [2.75, 3.05) is 45.9 Å². The standard InChI is InChI=1S/C34H44N6O9/c1-3-21-7-10-23-25(18-21)36-26(19-28(23)49-20-29(41)40-13-5-6-27(40)32(45)35-22-8-9-22)31(44)37-24(11-12-30(42)43)33(46)38-14-16-39(17-15-38)34(47)48-4-2/h7,10,18-19,22,24,27H,3-6,8-9,11-17,20H2,1-2H3,(H,35,45)(H,37,44)(H,42,43)/t24-,27-/m0/s1. The Kier molecular flexibility index (Phi) is 11.5. The number of aliphatic carboxylic acids is 1. The second-order valence-corrected chi connectivity index (χ2v) is 12.5. The molecule has 1 aromatic heterocycles. The number of carboxylic acids is 1. The van der Waals surface area contributed by atoms with E-state index in [0.717, 1.165) is 18.4 Å². The van der Waals surface area contributed by atoms with Gasteiger partial charge in [0.1, 0.15) is 23.5 Å². The summed E-state index contributed by atoms with van der Waals surface area (Å²) in [5, 5.41) is 15.6. The number of piperazine rings is 1. The summed E-state index contributed by atoms with van der Waals surface area (Å²) in [6, 6.07) is 5.39. The third-order valence-electron chi connectivity index (χ3n) is 9.00. The Bertz CT molecular complexity index is 1590. The summed E-state index contributed by atoms with van der Waals surface area (Å²) in [6.07, 6.45) is 2.89. The molecule has 0 spiro atoms. The minimum absolute atomic E-state index is 0.0775. The van der Waals surface area contributed by atoms with Crippen molar-refractivity contribution in [3.8, 4) is 5.75 Å². The molecule has 1 aliphatic carbocycles. The van der Waals surface area contributed by atoms with Crippen LogP contribution in [0.4, 0.5) is 4.79 Å². The molecule has 0 radical (unpaired) electrons. The van der Waals surface area contributed by atoms with E-state index in [1.165, 1.54) is 20.8 Å². The summed E-state index contributed by atoms with van der Waals surface area (Å²) >= 11 is 0. The first kappa shape index (κ1) is 35.4. The lowest BCUT2D eigenvalue weighted by Gasteiger charge is -2.35. The van der Waals surface area contributed by atoms with E-state index in [0.29, 0.717) is 36.7 Å². The van der Waals surface area contributed by atoms with E-state index in [1.54, 1.807) is 13.0 Å². The monoisotopic (exact) mass is 680 g/mol. The molecule has 3 fully saturated rings. The number of nitrogens with one attached hydrogen (secondary N) is 2. The fourth-order valence-electron chi connectivity index (χ4n) is 6.08. The predicted octanol–water partition coefficient (Wildman–Crippen LogP) is 1.71. The molecular formula is C34H44N6O9. The van der Waals surface area contributed by atoms with E-state index in [9.17, 15) is 33.9 Å². The van der Waals surface area contributed by atoms with Gasteiger partial charge in [0.15, 0.2) is 6.61 Å². The fourth-order valence-corrected chi connectivity index (χ4v) is 6.08. The number of aromatic nitrogens is 1.